The molecule has 4 N–H and O–H groups in total. The summed E-state index contributed by atoms with van der Waals surface area (Å²) in [6.07, 6.45) is 5.01. The van der Waals surface area contributed by atoms with E-state index < -0.39 is 18.2 Å². The fourth-order valence-corrected chi connectivity index (χ4v) is 5.67. The molecule has 0 aromatic heterocycles. The number of carbonyl (C=O) groups is 3. The number of fused-ring (bicyclic) bond motifs is 2. The van der Waals surface area contributed by atoms with Gasteiger partial charge in [0.2, 0.25) is 6.79 Å². The highest BCUT2D eigenvalue weighted by atomic mass is 16.7. The molecule has 0 saturated heterocycles. The van der Waals surface area contributed by atoms with Crippen molar-refractivity contribution in [2.45, 2.75) is 64.1 Å². The Morgan fingerprint density at radius 1 is 1.02 bits per heavy atom. The molecule has 3 aliphatic rings. The van der Waals surface area contributed by atoms with E-state index in [0.717, 1.165) is 25.7 Å². The molecule has 5 amide bonds. The molecule has 0 radical (unpaired) electrons. The first-order valence-corrected chi connectivity index (χ1v) is 14.9. The monoisotopic (exact) mass is 595 g/mol. The molecule has 2 heterocycles. The number of amides is 5. The predicted molar refractivity (Wildman–Crippen MR) is 161 cm³/mol. The van der Waals surface area contributed by atoms with Crippen molar-refractivity contribution in [3.63, 3.8) is 0 Å². The number of ether oxygens (including phenoxy) is 3. The second-order valence-corrected chi connectivity index (χ2v) is 11.6. The van der Waals surface area contributed by atoms with Crippen LogP contribution in [0.4, 0.5) is 21.0 Å². The quantitative estimate of drug-likeness (QED) is 0.375. The van der Waals surface area contributed by atoms with Crippen LogP contribution >= 0.6 is 0 Å². The van der Waals surface area contributed by atoms with Gasteiger partial charge in [-0.05, 0) is 50.1 Å². The van der Waals surface area contributed by atoms with Gasteiger partial charge in [0.05, 0.1) is 24.8 Å². The average molecular weight is 596 g/mol. The summed E-state index contributed by atoms with van der Waals surface area (Å²) in [5.74, 6) is 1.04. The van der Waals surface area contributed by atoms with Crippen LogP contribution < -0.4 is 30.2 Å². The molecule has 2 aromatic carbocycles. The SMILES string of the molecule is C[C@H]1CN([C@@H](C)CO)C(=O)c2cc(NC(=O)Nc3ccc4c(c3)OCO4)ccc2O[C@H]1CN(C)C(=O)NC1CCCCC1. The first kappa shape index (κ1) is 30.3. The topological polar surface area (TPSA) is 142 Å². The number of nitrogens with zero attached hydrogens (tertiary/aromatic N) is 2. The summed E-state index contributed by atoms with van der Waals surface area (Å²) in [7, 11) is 1.75. The van der Waals surface area contributed by atoms with Crippen molar-refractivity contribution >= 4 is 29.3 Å². The zero-order valence-corrected chi connectivity index (χ0v) is 24.9. The Bertz CT molecular complexity index is 1330. The molecule has 1 aliphatic carbocycles. The van der Waals surface area contributed by atoms with Crippen LogP contribution in [-0.2, 0) is 0 Å². The summed E-state index contributed by atoms with van der Waals surface area (Å²) < 4.78 is 17.1. The Labute approximate surface area is 251 Å². The van der Waals surface area contributed by atoms with Gasteiger partial charge in [-0.1, -0.05) is 26.2 Å². The number of hydrogen-bond acceptors (Lipinski definition) is 7. The van der Waals surface area contributed by atoms with Gasteiger partial charge in [0.1, 0.15) is 11.9 Å². The van der Waals surface area contributed by atoms with E-state index in [1.54, 1.807) is 60.2 Å². The zero-order valence-electron chi connectivity index (χ0n) is 24.9. The number of rotatable bonds is 7. The van der Waals surface area contributed by atoms with Gasteiger partial charge in [-0.25, -0.2) is 9.59 Å². The van der Waals surface area contributed by atoms with Crippen LogP contribution in [0.3, 0.4) is 0 Å². The van der Waals surface area contributed by atoms with Crippen LogP contribution in [0.2, 0.25) is 0 Å². The molecule has 1 saturated carbocycles. The first-order valence-electron chi connectivity index (χ1n) is 14.9. The van der Waals surface area contributed by atoms with Crippen LogP contribution in [-0.4, -0.2) is 84.6 Å². The van der Waals surface area contributed by atoms with Gasteiger partial charge in [0, 0.05) is 43.0 Å². The van der Waals surface area contributed by atoms with Crippen molar-refractivity contribution in [1.82, 2.24) is 15.1 Å². The molecule has 0 spiro atoms. The lowest BCUT2D eigenvalue weighted by Crippen LogP contribution is -2.52. The fraction of sp³-hybridized carbons (Fsp3) is 0.516. The van der Waals surface area contributed by atoms with E-state index in [9.17, 15) is 19.5 Å². The molecule has 2 aromatic rings. The third-order valence-electron chi connectivity index (χ3n) is 8.29. The maximum atomic E-state index is 13.7. The average Bonchev–Trinajstić information content (AvgIpc) is 3.47. The molecule has 0 bridgehead atoms. The van der Waals surface area contributed by atoms with Crippen molar-refractivity contribution < 1.29 is 33.7 Å². The van der Waals surface area contributed by atoms with Crippen LogP contribution in [0.25, 0.3) is 0 Å². The minimum atomic E-state index is -0.504. The van der Waals surface area contributed by atoms with E-state index in [0.29, 0.717) is 41.7 Å². The number of aliphatic hydroxyl groups excluding tert-OH is 1. The third kappa shape index (κ3) is 7.24. The molecule has 1 fully saturated rings. The highest BCUT2D eigenvalue weighted by Crippen LogP contribution is 2.34. The van der Waals surface area contributed by atoms with Gasteiger partial charge in [-0.15, -0.1) is 0 Å². The molecule has 232 valence electrons. The van der Waals surface area contributed by atoms with Crippen molar-refractivity contribution in [2.75, 3.05) is 44.2 Å². The second kappa shape index (κ2) is 13.4. The maximum Gasteiger partial charge on any atom is 0.323 e. The molecule has 5 rings (SSSR count). The van der Waals surface area contributed by atoms with E-state index >= 15 is 0 Å². The van der Waals surface area contributed by atoms with Crippen LogP contribution in [0.15, 0.2) is 36.4 Å². The van der Waals surface area contributed by atoms with E-state index in [2.05, 4.69) is 16.0 Å². The van der Waals surface area contributed by atoms with E-state index in [1.165, 1.54) is 6.42 Å². The number of aliphatic hydroxyl groups is 1. The summed E-state index contributed by atoms with van der Waals surface area (Å²) in [6, 6.07) is 9.06. The van der Waals surface area contributed by atoms with Gasteiger partial charge >= 0.3 is 12.1 Å². The van der Waals surface area contributed by atoms with Crippen LogP contribution in [0.1, 0.15) is 56.3 Å². The number of carbonyl (C=O) groups excluding carboxylic acids is 3. The minimum absolute atomic E-state index is 0.131. The number of likely N-dealkylation sites (N-methyl/N-ethyl adjacent to an activating group) is 1. The number of benzene rings is 2. The Morgan fingerprint density at radius 2 is 1.70 bits per heavy atom. The van der Waals surface area contributed by atoms with E-state index in [4.69, 9.17) is 14.2 Å². The van der Waals surface area contributed by atoms with Gasteiger partial charge < -0.3 is 45.1 Å². The minimum Gasteiger partial charge on any atom is -0.487 e. The van der Waals surface area contributed by atoms with Crippen LogP contribution in [0.5, 0.6) is 17.2 Å². The Morgan fingerprint density at radius 3 is 2.42 bits per heavy atom. The summed E-state index contributed by atoms with van der Waals surface area (Å²) in [4.78, 5) is 42.8. The van der Waals surface area contributed by atoms with Crippen molar-refractivity contribution in [3.8, 4) is 17.2 Å². The third-order valence-corrected chi connectivity index (χ3v) is 8.29. The highest BCUT2D eigenvalue weighted by Gasteiger charge is 2.34. The largest absolute Gasteiger partial charge is 0.487 e. The standard InChI is InChI=1S/C31H41N5O7/c1-19-15-36(20(2)17-37)29(38)24-13-22(32-30(39)33-23-10-12-26-27(14-23)42-18-41-26)9-11-25(24)43-28(19)16-35(3)31(40)34-21-7-5-4-6-8-21/h9-14,19-21,28,37H,4-8,15-18H2,1-3H3,(H,34,40)(H2,32,33,39)/t19-,20-,28-/m0/s1. The summed E-state index contributed by atoms with van der Waals surface area (Å²) >= 11 is 0. The predicted octanol–water partition coefficient (Wildman–Crippen LogP) is 4.25. The molecule has 12 heteroatoms. The lowest BCUT2D eigenvalue weighted by molar-refractivity contribution is 0.0366. The smallest absolute Gasteiger partial charge is 0.323 e. The van der Waals surface area contributed by atoms with E-state index in [1.807, 2.05) is 6.92 Å². The molecule has 0 unspecified atom stereocenters. The molecule has 43 heavy (non-hydrogen) atoms. The molecular weight excluding hydrogens is 554 g/mol. The van der Waals surface area contributed by atoms with Crippen molar-refractivity contribution in [3.05, 3.63) is 42.0 Å². The number of nitrogens with one attached hydrogen (secondary N) is 3. The molecule has 12 nitrogen and oxygen atoms in total. The number of hydrogen-bond donors (Lipinski definition) is 4. The zero-order chi connectivity index (χ0) is 30.5. The summed E-state index contributed by atoms with van der Waals surface area (Å²) in [5, 5.41) is 18.6. The van der Waals surface area contributed by atoms with Gasteiger partial charge in [0.15, 0.2) is 11.5 Å². The number of anilines is 2. The highest BCUT2D eigenvalue weighted by molar-refractivity contribution is 6.02. The Kier molecular flexibility index (Phi) is 9.44. The first-order chi connectivity index (χ1) is 20.7. The molecule has 3 atom stereocenters. The number of urea groups is 2. The lowest BCUT2D eigenvalue weighted by atomic mass is 9.96. The maximum absolute atomic E-state index is 13.7. The van der Waals surface area contributed by atoms with E-state index in [-0.39, 0.29) is 42.9 Å². The van der Waals surface area contributed by atoms with Gasteiger partial charge in [-0.2, -0.15) is 0 Å². The van der Waals surface area contributed by atoms with Gasteiger partial charge in [0.25, 0.3) is 5.91 Å². The van der Waals surface area contributed by atoms with Crippen LogP contribution in [0, 0.1) is 5.92 Å². The fourth-order valence-electron chi connectivity index (χ4n) is 5.67. The van der Waals surface area contributed by atoms with Gasteiger partial charge in [-0.3, -0.25) is 4.79 Å². The molecular formula is C31H41N5O7. The molecule has 2 aliphatic heterocycles. The van der Waals surface area contributed by atoms with Crippen molar-refractivity contribution in [1.29, 1.82) is 0 Å². The summed E-state index contributed by atoms with van der Waals surface area (Å²) in [5.41, 5.74) is 1.16. The Hall–Kier alpha value is -4.19. The van der Waals surface area contributed by atoms with Crippen molar-refractivity contribution in [2.24, 2.45) is 5.92 Å². The lowest BCUT2D eigenvalue weighted by Gasteiger charge is -2.38. The summed E-state index contributed by atoms with van der Waals surface area (Å²) in [6.45, 7) is 4.32. The Balaban J connectivity index is 1.32. The normalized spacial score (nSPS) is 20.7. The second-order valence-electron chi connectivity index (χ2n) is 11.6.